The van der Waals surface area contributed by atoms with Gasteiger partial charge in [0, 0.05) is 17.9 Å². The molecule has 0 aliphatic rings. The third-order valence-corrected chi connectivity index (χ3v) is 4.47. The van der Waals surface area contributed by atoms with Crippen LogP contribution in [0.1, 0.15) is 36.8 Å². The normalized spacial score (nSPS) is 10.3. The van der Waals surface area contributed by atoms with E-state index >= 15 is 0 Å². The molecule has 5 heteroatoms. The van der Waals surface area contributed by atoms with Crippen LogP contribution in [0.2, 0.25) is 0 Å². The van der Waals surface area contributed by atoms with Crippen LogP contribution in [0.5, 0.6) is 0 Å². The Hall–Kier alpha value is -1.49. The number of unbranched alkanes of at least 4 members (excludes halogenated alkanes) is 2. The molecule has 4 nitrogen and oxygen atoms in total. The summed E-state index contributed by atoms with van der Waals surface area (Å²) in [4.78, 5) is 23.9. The number of aryl methyl sites for hydroxylation is 2. The second kappa shape index (κ2) is 10.3. The summed E-state index contributed by atoms with van der Waals surface area (Å²) in [6, 6.07) is 6.27. The third-order valence-electron chi connectivity index (χ3n) is 3.31. The van der Waals surface area contributed by atoms with Gasteiger partial charge < -0.3 is 10.1 Å². The van der Waals surface area contributed by atoms with Crippen molar-refractivity contribution in [2.45, 2.75) is 44.4 Å². The summed E-state index contributed by atoms with van der Waals surface area (Å²) < 4.78 is 4.58. The number of esters is 1. The molecule has 22 heavy (non-hydrogen) atoms. The lowest BCUT2D eigenvalue weighted by molar-refractivity contribution is -0.140. The van der Waals surface area contributed by atoms with Crippen molar-refractivity contribution >= 4 is 23.6 Å². The van der Waals surface area contributed by atoms with Gasteiger partial charge in [-0.3, -0.25) is 9.59 Å². The van der Waals surface area contributed by atoms with Gasteiger partial charge in [0.15, 0.2) is 0 Å². The lowest BCUT2D eigenvalue weighted by atomic mass is 10.2. The van der Waals surface area contributed by atoms with Gasteiger partial charge >= 0.3 is 5.97 Å². The van der Waals surface area contributed by atoms with Crippen molar-refractivity contribution in [2.24, 2.45) is 0 Å². The SMILES string of the molecule is COC(=O)CCCCCNC(=O)CSc1cc(C)ccc1C. The molecule has 0 saturated carbocycles. The summed E-state index contributed by atoms with van der Waals surface area (Å²) in [5, 5.41) is 2.91. The number of carbonyl (C=O) groups excluding carboxylic acids is 2. The number of benzene rings is 1. The summed E-state index contributed by atoms with van der Waals surface area (Å²) in [6.07, 6.45) is 3.06. The van der Waals surface area contributed by atoms with Crippen molar-refractivity contribution in [3.05, 3.63) is 29.3 Å². The van der Waals surface area contributed by atoms with E-state index in [1.165, 1.54) is 18.2 Å². The number of amides is 1. The molecule has 1 N–H and O–H groups in total. The van der Waals surface area contributed by atoms with Gasteiger partial charge in [0.05, 0.1) is 12.9 Å². The maximum atomic E-state index is 11.8. The molecule has 1 aromatic carbocycles. The molecule has 0 aromatic heterocycles. The summed E-state index contributed by atoms with van der Waals surface area (Å²) in [5.41, 5.74) is 2.41. The minimum absolute atomic E-state index is 0.0545. The third kappa shape index (κ3) is 7.50. The average molecular weight is 323 g/mol. The van der Waals surface area contributed by atoms with Crippen LogP contribution in [0, 0.1) is 13.8 Å². The van der Waals surface area contributed by atoms with E-state index in [1.807, 2.05) is 0 Å². The molecule has 0 saturated heterocycles. The van der Waals surface area contributed by atoms with Crippen LogP contribution in [0.25, 0.3) is 0 Å². The Kier molecular flexibility index (Phi) is 8.67. The summed E-state index contributed by atoms with van der Waals surface area (Å²) >= 11 is 1.57. The predicted octanol–water partition coefficient (Wildman–Crippen LogP) is 3.25. The molecule has 122 valence electrons. The Labute approximate surface area is 137 Å². The van der Waals surface area contributed by atoms with Crippen LogP contribution >= 0.6 is 11.8 Å². The standard InChI is InChI=1S/C17H25NO3S/c1-13-8-9-14(2)15(11-13)22-12-16(19)18-10-6-4-5-7-17(20)21-3/h8-9,11H,4-7,10,12H2,1-3H3,(H,18,19). The van der Waals surface area contributed by atoms with Crippen molar-refractivity contribution in [1.29, 1.82) is 0 Å². The Morgan fingerprint density at radius 2 is 1.95 bits per heavy atom. The minimum Gasteiger partial charge on any atom is -0.469 e. The molecular formula is C17H25NO3S. The molecule has 1 amide bonds. The van der Waals surface area contributed by atoms with Gasteiger partial charge in [-0.1, -0.05) is 24.1 Å². The molecule has 0 spiro atoms. The van der Waals surface area contributed by atoms with E-state index in [9.17, 15) is 9.59 Å². The zero-order valence-electron chi connectivity index (χ0n) is 13.6. The van der Waals surface area contributed by atoms with Crippen molar-refractivity contribution in [2.75, 3.05) is 19.4 Å². The number of hydrogen-bond donors (Lipinski definition) is 1. The summed E-state index contributed by atoms with van der Waals surface area (Å²) in [5.74, 6) is 0.319. The molecule has 0 bridgehead atoms. The number of rotatable bonds is 9. The Morgan fingerprint density at radius 1 is 1.18 bits per heavy atom. The molecule has 0 aliphatic carbocycles. The largest absolute Gasteiger partial charge is 0.469 e. The Balaban J connectivity index is 2.13. The van der Waals surface area contributed by atoms with Crippen molar-refractivity contribution < 1.29 is 14.3 Å². The molecule has 1 rings (SSSR count). The van der Waals surface area contributed by atoms with E-state index in [4.69, 9.17) is 0 Å². The maximum Gasteiger partial charge on any atom is 0.305 e. The molecule has 0 aliphatic heterocycles. The van der Waals surface area contributed by atoms with Gasteiger partial charge in [-0.25, -0.2) is 0 Å². The average Bonchev–Trinajstić information content (AvgIpc) is 2.51. The van der Waals surface area contributed by atoms with Gasteiger partial charge in [-0.15, -0.1) is 11.8 Å². The van der Waals surface area contributed by atoms with Crippen LogP contribution in [-0.2, 0) is 14.3 Å². The van der Waals surface area contributed by atoms with E-state index in [-0.39, 0.29) is 11.9 Å². The second-order valence-corrected chi connectivity index (χ2v) is 6.31. The van der Waals surface area contributed by atoms with Gasteiger partial charge in [0.25, 0.3) is 0 Å². The number of carbonyl (C=O) groups is 2. The maximum absolute atomic E-state index is 11.8. The second-order valence-electron chi connectivity index (χ2n) is 5.29. The fraction of sp³-hybridized carbons (Fsp3) is 0.529. The van der Waals surface area contributed by atoms with Crippen LogP contribution < -0.4 is 5.32 Å². The van der Waals surface area contributed by atoms with E-state index in [1.54, 1.807) is 11.8 Å². The first kappa shape index (κ1) is 18.6. The van der Waals surface area contributed by atoms with Crippen molar-refractivity contribution in [3.8, 4) is 0 Å². The van der Waals surface area contributed by atoms with Crippen molar-refractivity contribution in [3.63, 3.8) is 0 Å². The minimum atomic E-state index is -0.172. The highest BCUT2D eigenvalue weighted by atomic mass is 32.2. The first-order valence-electron chi connectivity index (χ1n) is 7.56. The monoisotopic (exact) mass is 323 g/mol. The van der Waals surface area contributed by atoms with Crippen LogP contribution in [0.4, 0.5) is 0 Å². The van der Waals surface area contributed by atoms with Gasteiger partial charge in [-0.05, 0) is 38.3 Å². The van der Waals surface area contributed by atoms with Crippen molar-refractivity contribution in [1.82, 2.24) is 5.32 Å². The van der Waals surface area contributed by atoms with E-state index in [0.717, 1.165) is 24.2 Å². The Morgan fingerprint density at radius 3 is 2.68 bits per heavy atom. The van der Waals surface area contributed by atoms with E-state index < -0.39 is 0 Å². The molecule has 0 atom stereocenters. The lowest BCUT2D eigenvalue weighted by Gasteiger charge is -2.08. The lowest BCUT2D eigenvalue weighted by Crippen LogP contribution is -2.26. The molecule has 1 aromatic rings. The fourth-order valence-corrected chi connectivity index (χ4v) is 2.91. The number of hydrogen-bond acceptors (Lipinski definition) is 4. The van der Waals surface area contributed by atoms with Crippen LogP contribution in [0.15, 0.2) is 23.1 Å². The highest BCUT2D eigenvalue weighted by Gasteiger charge is 2.05. The van der Waals surface area contributed by atoms with Gasteiger partial charge in [-0.2, -0.15) is 0 Å². The zero-order valence-corrected chi connectivity index (χ0v) is 14.4. The highest BCUT2D eigenvalue weighted by molar-refractivity contribution is 8.00. The summed E-state index contributed by atoms with van der Waals surface area (Å²) in [7, 11) is 1.40. The molecular weight excluding hydrogens is 298 g/mol. The molecule has 0 radical (unpaired) electrons. The number of thioether (sulfide) groups is 1. The highest BCUT2D eigenvalue weighted by Crippen LogP contribution is 2.23. The molecule has 0 heterocycles. The molecule has 0 fully saturated rings. The smallest absolute Gasteiger partial charge is 0.305 e. The van der Waals surface area contributed by atoms with Gasteiger partial charge in [0.2, 0.25) is 5.91 Å². The fourth-order valence-electron chi connectivity index (χ4n) is 1.96. The topological polar surface area (TPSA) is 55.4 Å². The number of ether oxygens (including phenoxy) is 1. The Bertz CT molecular complexity index is 503. The van der Waals surface area contributed by atoms with Gasteiger partial charge in [0.1, 0.15) is 0 Å². The van der Waals surface area contributed by atoms with E-state index in [0.29, 0.717) is 18.7 Å². The molecule has 0 unspecified atom stereocenters. The number of nitrogens with one attached hydrogen (secondary N) is 1. The quantitative estimate of drug-likeness (QED) is 0.430. The predicted molar refractivity (Wildman–Crippen MR) is 90.1 cm³/mol. The summed E-state index contributed by atoms with van der Waals surface area (Å²) in [6.45, 7) is 4.77. The first-order valence-corrected chi connectivity index (χ1v) is 8.55. The zero-order chi connectivity index (χ0) is 16.4. The van der Waals surface area contributed by atoms with Crippen LogP contribution in [0.3, 0.4) is 0 Å². The van der Waals surface area contributed by atoms with E-state index in [2.05, 4.69) is 42.1 Å². The first-order chi connectivity index (χ1) is 10.5. The number of methoxy groups -OCH3 is 1. The van der Waals surface area contributed by atoms with Crippen LogP contribution in [-0.4, -0.2) is 31.3 Å².